The third-order valence-electron chi connectivity index (χ3n) is 5.57. The van der Waals surface area contributed by atoms with Crippen molar-refractivity contribution in [3.63, 3.8) is 0 Å². The summed E-state index contributed by atoms with van der Waals surface area (Å²) < 4.78 is 5.39. The zero-order valence-electron chi connectivity index (χ0n) is 21.2. The van der Waals surface area contributed by atoms with Crippen molar-refractivity contribution in [2.75, 3.05) is 51.1 Å². The summed E-state index contributed by atoms with van der Waals surface area (Å²) in [6, 6.07) is 10.1. The monoisotopic (exact) mass is 529 g/mol. The molecule has 2 heterocycles. The van der Waals surface area contributed by atoms with E-state index < -0.39 is 18.6 Å². The normalized spacial score (nSPS) is 11.4. The maximum Gasteiger partial charge on any atom is 0.323 e. The molecule has 0 aliphatic heterocycles. The van der Waals surface area contributed by atoms with Crippen molar-refractivity contribution in [3.05, 3.63) is 54.4 Å². The molecule has 12 heteroatoms. The zero-order chi connectivity index (χ0) is 25.9. The number of anilines is 3. The Balaban J connectivity index is 0.00000481. The number of benzene rings is 1. The van der Waals surface area contributed by atoms with Gasteiger partial charge in [-0.1, -0.05) is 0 Å². The molecular weight excluding hydrogens is 494 g/mol. The molecule has 1 atom stereocenters. The molecular formula is C25H35N7O4S. The van der Waals surface area contributed by atoms with Gasteiger partial charge in [-0.05, 0) is 56.4 Å². The SMILES string of the molecule is CNCCCN(C)c1ccc(-c2ccnc(Nc3ccc(OC)c(CNC(CO)C(=O)O)c3)n2)cn1.S. The molecule has 0 amide bonds. The number of rotatable bonds is 14. The first-order chi connectivity index (χ1) is 17.4. The minimum Gasteiger partial charge on any atom is -0.496 e. The molecule has 0 radical (unpaired) electrons. The van der Waals surface area contributed by atoms with Gasteiger partial charge in [0.15, 0.2) is 0 Å². The Morgan fingerprint density at radius 1 is 1.19 bits per heavy atom. The predicted molar refractivity (Wildman–Crippen MR) is 149 cm³/mol. The third kappa shape index (κ3) is 8.57. The summed E-state index contributed by atoms with van der Waals surface area (Å²) in [5.74, 6) is 0.766. The lowest BCUT2D eigenvalue weighted by atomic mass is 10.1. The van der Waals surface area contributed by atoms with E-state index in [4.69, 9.17) is 9.84 Å². The van der Waals surface area contributed by atoms with E-state index in [2.05, 4.69) is 35.8 Å². The highest BCUT2D eigenvalue weighted by Gasteiger charge is 2.16. The van der Waals surface area contributed by atoms with Crippen molar-refractivity contribution in [2.45, 2.75) is 19.0 Å². The Hall–Kier alpha value is -3.45. The highest BCUT2D eigenvalue weighted by Crippen LogP contribution is 2.25. The Kier molecular flexibility index (Phi) is 12.0. The molecule has 37 heavy (non-hydrogen) atoms. The van der Waals surface area contributed by atoms with Crippen molar-refractivity contribution in [1.29, 1.82) is 0 Å². The molecule has 1 aromatic carbocycles. The molecule has 3 rings (SSSR count). The van der Waals surface area contributed by atoms with Crippen molar-refractivity contribution in [1.82, 2.24) is 25.6 Å². The first-order valence-corrected chi connectivity index (χ1v) is 11.6. The van der Waals surface area contributed by atoms with Gasteiger partial charge in [0, 0.05) is 49.3 Å². The molecule has 0 fully saturated rings. The largest absolute Gasteiger partial charge is 0.496 e. The van der Waals surface area contributed by atoms with E-state index in [-0.39, 0.29) is 20.0 Å². The second-order valence-electron chi connectivity index (χ2n) is 8.16. The number of nitrogens with one attached hydrogen (secondary N) is 3. The minimum absolute atomic E-state index is 0. The molecule has 3 aromatic rings. The van der Waals surface area contributed by atoms with E-state index >= 15 is 0 Å². The number of carbonyl (C=O) groups is 1. The summed E-state index contributed by atoms with van der Waals surface area (Å²) in [4.78, 5) is 26.8. The maximum atomic E-state index is 11.2. The lowest BCUT2D eigenvalue weighted by molar-refractivity contribution is -0.140. The predicted octanol–water partition coefficient (Wildman–Crippen LogP) is 1.98. The molecule has 5 N–H and O–H groups in total. The highest BCUT2D eigenvalue weighted by atomic mass is 32.1. The van der Waals surface area contributed by atoms with Crippen molar-refractivity contribution >= 4 is 36.9 Å². The Morgan fingerprint density at radius 2 is 2.00 bits per heavy atom. The molecule has 0 spiro atoms. The summed E-state index contributed by atoms with van der Waals surface area (Å²) >= 11 is 0. The minimum atomic E-state index is -1.13. The average molecular weight is 530 g/mol. The summed E-state index contributed by atoms with van der Waals surface area (Å²) in [5.41, 5.74) is 3.03. The summed E-state index contributed by atoms with van der Waals surface area (Å²) in [6.07, 6.45) is 4.50. The first kappa shape index (κ1) is 29.8. The number of methoxy groups -OCH3 is 1. The number of aliphatic carboxylic acids is 1. The van der Waals surface area contributed by atoms with Gasteiger partial charge >= 0.3 is 5.97 Å². The Bertz CT molecular complexity index is 1130. The number of aromatic nitrogens is 3. The van der Waals surface area contributed by atoms with Gasteiger partial charge in [0.25, 0.3) is 0 Å². The van der Waals surface area contributed by atoms with Crippen LogP contribution in [0.15, 0.2) is 48.8 Å². The lowest BCUT2D eigenvalue weighted by Gasteiger charge is -2.18. The van der Waals surface area contributed by atoms with Crippen LogP contribution in [0.2, 0.25) is 0 Å². The topological polar surface area (TPSA) is 145 Å². The van der Waals surface area contributed by atoms with Crippen LogP contribution in [0.4, 0.5) is 17.5 Å². The van der Waals surface area contributed by atoms with E-state index in [1.807, 2.05) is 44.4 Å². The molecule has 200 valence electrons. The van der Waals surface area contributed by atoms with Gasteiger partial charge in [0.05, 0.1) is 19.4 Å². The van der Waals surface area contributed by atoms with Crippen molar-refractivity contribution in [3.8, 4) is 17.0 Å². The number of nitrogens with zero attached hydrogens (tertiary/aromatic N) is 4. The number of carboxylic acids is 1. The fourth-order valence-electron chi connectivity index (χ4n) is 3.54. The fourth-order valence-corrected chi connectivity index (χ4v) is 3.54. The van der Waals surface area contributed by atoms with Gasteiger partial charge in [-0.3, -0.25) is 10.1 Å². The van der Waals surface area contributed by atoms with Gasteiger partial charge in [-0.2, -0.15) is 13.5 Å². The molecule has 0 bridgehead atoms. The van der Waals surface area contributed by atoms with E-state index in [1.54, 1.807) is 25.6 Å². The molecule has 1 unspecified atom stereocenters. The van der Waals surface area contributed by atoms with Crippen LogP contribution in [-0.4, -0.2) is 78.1 Å². The number of pyridine rings is 1. The number of hydrogen-bond donors (Lipinski definition) is 5. The molecule has 11 nitrogen and oxygen atoms in total. The Labute approximate surface area is 223 Å². The standard InChI is InChI=1S/C25H33N7O4.H2S/c1-26-10-4-12-32(2)23-8-5-17(14-29-23)20-9-11-27-25(31-20)30-19-6-7-22(36-3)18(13-19)15-28-21(16-33)24(34)35;/h5-9,11,13-14,21,26,28,33H,4,10,12,15-16H2,1-3H3,(H,34,35)(H,27,30,31);1H2. The van der Waals surface area contributed by atoms with Crippen LogP contribution >= 0.6 is 13.5 Å². The maximum absolute atomic E-state index is 11.2. The molecule has 2 aromatic heterocycles. The van der Waals surface area contributed by atoms with E-state index in [1.165, 1.54) is 0 Å². The fraction of sp³-hybridized carbons (Fsp3) is 0.360. The van der Waals surface area contributed by atoms with Crippen molar-refractivity contribution in [2.24, 2.45) is 0 Å². The van der Waals surface area contributed by atoms with Crippen LogP contribution in [-0.2, 0) is 11.3 Å². The van der Waals surface area contributed by atoms with Crippen LogP contribution < -0.4 is 25.6 Å². The van der Waals surface area contributed by atoms with Gasteiger partial charge in [-0.15, -0.1) is 0 Å². The molecule has 0 aliphatic rings. The smallest absolute Gasteiger partial charge is 0.323 e. The van der Waals surface area contributed by atoms with Gasteiger partial charge in [0.2, 0.25) is 5.95 Å². The second-order valence-corrected chi connectivity index (χ2v) is 8.16. The van der Waals surface area contributed by atoms with Crippen LogP contribution in [0, 0.1) is 0 Å². The van der Waals surface area contributed by atoms with Crippen molar-refractivity contribution < 1.29 is 19.7 Å². The summed E-state index contributed by atoms with van der Waals surface area (Å²) in [5, 5.41) is 27.5. The van der Waals surface area contributed by atoms with Crippen LogP contribution in [0.3, 0.4) is 0 Å². The van der Waals surface area contributed by atoms with E-state index in [0.29, 0.717) is 17.4 Å². The average Bonchev–Trinajstić information content (AvgIpc) is 2.89. The number of ether oxygens (including phenoxy) is 1. The number of aliphatic hydroxyl groups is 1. The molecule has 0 saturated carbocycles. The zero-order valence-corrected chi connectivity index (χ0v) is 22.2. The highest BCUT2D eigenvalue weighted by molar-refractivity contribution is 7.59. The Morgan fingerprint density at radius 3 is 2.65 bits per heavy atom. The lowest BCUT2D eigenvalue weighted by Crippen LogP contribution is -2.39. The van der Waals surface area contributed by atoms with Gasteiger partial charge in [0.1, 0.15) is 17.6 Å². The summed E-state index contributed by atoms with van der Waals surface area (Å²) in [7, 11) is 5.51. The summed E-state index contributed by atoms with van der Waals surface area (Å²) in [6.45, 7) is 1.54. The van der Waals surface area contributed by atoms with Crippen LogP contribution in [0.5, 0.6) is 5.75 Å². The van der Waals surface area contributed by atoms with E-state index in [0.717, 1.165) is 42.1 Å². The van der Waals surface area contributed by atoms with Crippen LogP contribution in [0.1, 0.15) is 12.0 Å². The molecule has 0 saturated heterocycles. The number of carboxylic acid groups (broad SMARTS) is 1. The number of aliphatic hydroxyl groups excluding tert-OH is 1. The van der Waals surface area contributed by atoms with Crippen LogP contribution in [0.25, 0.3) is 11.3 Å². The number of hydrogen-bond acceptors (Lipinski definition) is 10. The quantitative estimate of drug-likeness (QED) is 0.196. The van der Waals surface area contributed by atoms with Gasteiger partial charge in [-0.25, -0.2) is 15.0 Å². The second kappa shape index (κ2) is 15.0. The van der Waals surface area contributed by atoms with E-state index in [9.17, 15) is 9.90 Å². The van der Waals surface area contributed by atoms with Gasteiger partial charge < -0.3 is 30.5 Å². The molecule has 0 aliphatic carbocycles. The first-order valence-electron chi connectivity index (χ1n) is 11.6. The third-order valence-corrected chi connectivity index (χ3v) is 5.57.